The van der Waals surface area contributed by atoms with Gasteiger partial charge in [0.2, 0.25) is 5.88 Å². The van der Waals surface area contributed by atoms with Gasteiger partial charge in [-0.3, -0.25) is 0 Å². The topological polar surface area (TPSA) is 53.1 Å². The number of aryl methyl sites for hydroxylation is 1. The minimum atomic E-state index is 0.414. The van der Waals surface area contributed by atoms with Crippen LogP contribution >= 0.6 is 0 Å². The molecule has 0 bridgehead atoms. The number of nitrogens with zero attached hydrogens (tertiary/aromatic N) is 2. The van der Waals surface area contributed by atoms with Gasteiger partial charge in [0.1, 0.15) is 0 Å². The second-order valence-corrected chi connectivity index (χ2v) is 3.42. The van der Waals surface area contributed by atoms with E-state index in [4.69, 9.17) is 10.5 Å². The highest BCUT2D eigenvalue weighted by Gasteiger charge is 2.21. The summed E-state index contributed by atoms with van der Waals surface area (Å²) in [5.41, 5.74) is 6.77. The number of nitrogens with two attached hydrogens (primary N) is 1. The van der Waals surface area contributed by atoms with Gasteiger partial charge in [-0.15, -0.1) is 0 Å². The van der Waals surface area contributed by atoms with Gasteiger partial charge in [0.05, 0.1) is 19.3 Å². The first-order chi connectivity index (χ1) is 6.35. The number of ether oxygens (including phenoxy) is 1. The van der Waals surface area contributed by atoms with E-state index in [1.54, 1.807) is 0 Å². The van der Waals surface area contributed by atoms with E-state index >= 15 is 0 Å². The molecule has 0 aromatic carbocycles. The van der Waals surface area contributed by atoms with Crippen LogP contribution in [0.25, 0.3) is 0 Å². The lowest BCUT2D eigenvalue weighted by Crippen LogP contribution is -2.31. The Hall–Kier alpha value is -1.03. The number of fused-ring (bicyclic) bond motifs is 1. The summed E-state index contributed by atoms with van der Waals surface area (Å²) in [6.07, 6.45) is 2.86. The Morgan fingerprint density at radius 1 is 1.77 bits per heavy atom. The molecule has 0 radical (unpaired) electrons. The van der Waals surface area contributed by atoms with Crippen molar-refractivity contribution in [1.29, 1.82) is 0 Å². The SMILES string of the molecule is CCc1cnn2c1OCC(CN)C2. The fraction of sp³-hybridized carbons (Fsp3) is 0.667. The summed E-state index contributed by atoms with van der Waals surface area (Å²) in [7, 11) is 0. The van der Waals surface area contributed by atoms with Crippen LogP contribution in [0.5, 0.6) is 5.88 Å². The second kappa shape index (κ2) is 3.38. The molecule has 0 spiro atoms. The summed E-state index contributed by atoms with van der Waals surface area (Å²) in [5.74, 6) is 1.35. The Bertz CT molecular complexity index is 295. The minimum absolute atomic E-state index is 0.414. The Morgan fingerprint density at radius 3 is 3.31 bits per heavy atom. The van der Waals surface area contributed by atoms with Crippen LogP contribution in [0.4, 0.5) is 0 Å². The lowest BCUT2D eigenvalue weighted by Gasteiger charge is -2.23. The number of rotatable bonds is 2. The maximum Gasteiger partial charge on any atom is 0.215 e. The Labute approximate surface area is 77.7 Å². The van der Waals surface area contributed by atoms with Gasteiger partial charge >= 0.3 is 0 Å². The van der Waals surface area contributed by atoms with Crippen LogP contribution in [0.15, 0.2) is 6.20 Å². The summed E-state index contributed by atoms with van der Waals surface area (Å²) in [4.78, 5) is 0. The summed E-state index contributed by atoms with van der Waals surface area (Å²) >= 11 is 0. The van der Waals surface area contributed by atoms with Crippen LogP contribution in [0.1, 0.15) is 12.5 Å². The molecule has 72 valence electrons. The molecule has 0 amide bonds. The van der Waals surface area contributed by atoms with Crippen molar-refractivity contribution in [2.45, 2.75) is 19.9 Å². The van der Waals surface area contributed by atoms with E-state index in [1.807, 2.05) is 10.9 Å². The van der Waals surface area contributed by atoms with E-state index in [2.05, 4.69) is 12.0 Å². The molecule has 1 aromatic heterocycles. The van der Waals surface area contributed by atoms with Crippen LogP contribution in [0.2, 0.25) is 0 Å². The summed E-state index contributed by atoms with van der Waals surface area (Å²) in [5, 5.41) is 4.26. The first kappa shape index (κ1) is 8.56. The van der Waals surface area contributed by atoms with Gasteiger partial charge in [-0.25, -0.2) is 4.68 Å². The first-order valence-electron chi connectivity index (χ1n) is 4.72. The van der Waals surface area contributed by atoms with Crippen LogP contribution in [-0.4, -0.2) is 22.9 Å². The molecular weight excluding hydrogens is 166 g/mol. The van der Waals surface area contributed by atoms with Crippen LogP contribution in [-0.2, 0) is 13.0 Å². The fourth-order valence-electron chi connectivity index (χ4n) is 1.59. The van der Waals surface area contributed by atoms with Gasteiger partial charge in [-0.2, -0.15) is 5.10 Å². The summed E-state index contributed by atoms with van der Waals surface area (Å²) in [6, 6.07) is 0. The molecule has 4 heteroatoms. The smallest absolute Gasteiger partial charge is 0.215 e. The van der Waals surface area contributed by atoms with Gasteiger partial charge < -0.3 is 10.5 Å². The van der Waals surface area contributed by atoms with Crippen molar-refractivity contribution >= 4 is 0 Å². The highest BCUT2D eigenvalue weighted by atomic mass is 16.5. The molecule has 1 atom stereocenters. The standard InChI is InChI=1S/C9H15N3O/c1-2-8-4-11-12-5-7(3-10)6-13-9(8)12/h4,7H,2-3,5-6,10H2,1H3. The second-order valence-electron chi connectivity index (χ2n) is 3.42. The zero-order chi connectivity index (χ0) is 9.26. The van der Waals surface area contributed by atoms with Crippen molar-refractivity contribution < 1.29 is 4.74 Å². The molecule has 2 heterocycles. The molecule has 0 aliphatic carbocycles. The molecule has 1 aliphatic heterocycles. The lowest BCUT2D eigenvalue weighted by molar-refractivity contribution is 0.167. The maximum atomic E-state index is 5.61. The molecule has 13 heavy (non-hydrogen) atoms. The van der Waals surface area contributed by atoms with Crippen LogP contribution in [0, 0.1) is 5.92 Å². The van der Waals surface area contributed by atoms with E-state index < -0.39 is 0 Å². The van der Waals surface area contributed by atoms with E-state index in [9.17, 15) is 0 Å². The Balaban J connectivity index is 2.22. The third-order valence-corrected chi connectivity index (χ3v) is 2.46. The van der Waals surface area contributed by atoms with Crippen molar-refractivity contribution in [1.82, 2.24) is 9.78 Å². The zero-order valence-electron chi connectivity index (χ0n) is 7.86. The average Bonchev–Trinajstić information content (AvgIpc) is 2.59. The predicted octanol–water partition coefficient (Wildman–Crippen LogP) is 0.413. The van der Waals surface area contributed by atoms with Crippen molar-refractivity contribution in [2.75, 3.05) is 13.2 Å². The maximum absolute atomic E-state index is 5.61. The van der Waals surface area contributed by atoms with Gasteiger partial charge in [0.25, 0.3) is 0 Å². The van der Waals surface area contributed by atoms with E-state index in [0.29, 0.717) is 12.5 Å². The lowest BCUT2D eigenvalue weighted by atomic mass is 10.1. The van der Waals surface area contributed by atoms with Crippen molar-refractivity contribution in [3.63, 3.8) is 0 Å². The van der Waals surface area contributed by atoms with E-state index in [-0.39, 0.29) is 0 Å². The first-order valence-corrected chi connectivity index (χ1v) is 4.72. The minimum Gasteiger partial charge on any atom is -0.477 e. The molecule has 1 aromatic rings. The monoisotopic (exact) mass is 181 g/mol. The Kier molecular flexibility index (Phi) is 2.22. The van der Waals surface area contributed by atoms with Crippen molar-refractivity contribution in [2.24, 2.45) is 11.7 Å². The molecular formula is C9H15N3O. The summed E-state index contributed by atoms with van der Waals surface area (Å²) < 4.78 is 7.53. The molecule has 4 nitrogen and oxygen atoms in total. The fourth-order valence-corrected chi connectivity index (χ4v) is 1.59. The zero-order valence-corrected chi connectivity index (χ0v) is 7.86. The predicted molar refractivity (Wildman–Crippen MR) is 49.6 cm³/mol. The highest BCUT2D eigenvalue weighted by molar-refractivity contribution is 5.25. The quantitative estimate of drug-likeness (QED) is 0.719. The highest BCUT2D eigenvalue weighted by Crippen LogP contribution is 2.24. The van der Waals surface area contributed by atoms with Crippen LogP contribution in [0.3, 0.4) is 0 Å². The Morgan fingerprint density at radius 2 is 2.62 bits per heavy atom. The molecule has 2 rings (SSSR count). The number of hydrogen-bond acceptors (Lipinski definition) is 3. The molecule has 0 saturated carbocycles. The van der Waals surface area contributed by atoms with Gasteiger partial charge in [-0.1, -0.05) is 6.92 Å². The largest absolute Gasteiger partial charge is 0.477 e. The number of aromatic nitrogens is 2. The average molecular weight is 181 g/mol. The molecule has 0 saturated heterocycles. The number of hydrogen-bond donors (Lipinski definition) is 1. The molecule has 1 unspecified atom stereocenters. The summed E-state index contributed by atoms with van der Waals surface area (Å²) in [6.45, 7) is 4.40. The molecule has 1 aliphatic rings. The normalized spacial score (nSPS) is 20.9. The molecule has 0 fully saturated rings. The third kappa shape index (κ3) is 1.42. The van der Waals surface area contributed by atoms with Crippen molar-refractivity contribution in [3.8, 4) is 5.88 Å². The van der Waals surface area contributed by atoms with Gasteiger partial charge in [0, 0.05) is 18.0 Å². The van der Waals surface area contributed by atoms with Gasteiger partial charge in [0.15, 0.2) is 0 Å². The third-order valence-electron chi connectivity index (χ3n) is 2.46. The van der Waals surface area contributed by atoms with E-state index in [1.165, 1.54) is 5.56 Å². The molecule has 2 N–H and O–H groups in total. The van der Waals surface area contributed by atoms with Crippen LogP contribution < -0.4 is 10.5 Å². The van der Waals surface area contributed by atoms with Crippen molar-refractivity contribution in [3.05, 3.63) is 11.8 Å². The van der Waals surface area contributed by atoms with Gasteiger partial charge in [-0.05, 0) is 6.42 Å². The van der Waals surface area contributed by atoms with E-state index in [0.717, 1.165) is 25.5 Å².